The van der Waals surface area contributed by atoms with E-state index < -0.39 is 0 Å². The molecular formula is C32H45N3O4. The van der Waals surface area contributed by atoms with E-state index in [1.54, 1.807) is 17.0 Å². The molecule has 4 fully saturated rings. The molecule has 0 saturated heterocycles. The molecular weight excluding hydrogens is 490 g/mol. The standard InChI is InChI=1S/C32H45N3O4/c1-31(2)13-9-23(10-14-31)39-25-17-24(26(38-5)16-22(25)18-33)30(37)35(4)28-21-8-7-20(15-21)27(28)29(36)34-19-32(3)11-6-12-32/h16-17,20-21,23,27-28H,6-15,19H2,1-5H3,(H,34,36)/t20-,21+,27+,28-/m1/s1. The summed E-state index contributed by atoms with van der Waals surface area (Å²) in [7, 11) is 3.34. The second kappa shape index (κ2) is 10.7. The van der Waals surface area contributed by atoms with Gasteiger partial charge in [0.2, 0.25) is 5.91 Å². The van der Waals surface area contributed by atoms with Gasteiger partial charge in [0.25, 0.3) is 5.91 Å². The Balaban J connectivity index is 1.36. The fourth-order valence-electron chi connectivity index (χ4n) is 7.64. The summed E-state index contributed by atoms with van der Waals surface area (Å²) in [6.45, 7) is 7.52. The number of methoxy groups -OCH3 is 1. The Morgan fingerprint density at radius 3 is 2.36 bits per heavy atom. The molecule has 4 aliphatic rings. The van der Waals surface area contributed by atoms with Gasteiger partial charge in [-0.3, -0.25) is 9.59 Å². The lowest BCUT2D eigenvalue weighted by Gasteiger charge is -2.40. The number of carbonyl (C=O) groups is 2. The van der Waals surface area contributed by atoms with Gasteiger partial charge in [-0.05, 0) is 86.5 Å². The molecule has 1 aromatic carbocycles. The van der Waals surface area contributed by atoms with E-state index in [0.29, 0.717) is 46.4 Å². The van der Waals surface area contributed by atoms with Crippen LogP contribution < -0.4 is 14.8 Å². The third-order valence-electron chi connectivity index (χ3n) is 10.4. The minimum atomic E-state index is -0.188. The molecule has 212 valence electrons. The van der Waals surface area contributed by atoms with Crippen molar-refractivity contribution in [2.45, 2.75) is 97.1 Å². The molecule has 4 atom stereocenters. The number of rotatable bonds is 8. The molecule has 4 aliphatic carbocycles. The van der Waals surface area contributed by atoms with Crippen molar-refractivity contribution >= 4 is 11.8 Å². The second-order valence-corrected chi connectivity index (χ2v) is 13.8. The Bertz CT molecular complexity index is 1140. The van der Waals surface area contributed by atoms with Gasteiger partial charge in [-0.1, -0.05) is 27.2 Å². The number of benzene rings is 1. The molecule has 39 heavy (non-hydrogen) atoms. The fraction of sp³-hybridized carbons (Fsp3) is 0.719. The summed E-state index contributed by atoms with van der Waals surface area (Å²) in [5.41, 5.74) is 1.28. The molecule has 1 N–H and O–H groups in total. The first kappa shape index (κ1) is 27.8. The summed E-state index contributed by atoms with van der Waals surface area (Å²) in [6, 6.07) is 5.39. The normalized spacial score (nSPS) is 28.7. The number of nitrogens with zero attached hydrogens (tertiary/aromatic N) is 2. The lowest BCUT2D eigenvalue weighted by Crippen LogP contribution is -2.52. The van der Waals surface area contributed by atoms with Gasteiger partial charge >= 0.3 is 0 Å². The Kier molecular flexibility index (Phi) is 7.61. The smallest absolute Gasteiger partial charge is 0.257 e. The summed E-state index contributed by atoms with van der Waals surface area (Å²) in [5.74, 6) is 1.17. The highest BCUT2D eigenvalue weighted by molar-refractivity contribution is 5.98. The van der Waals surface area contributed by atoms with Crippen molar-refractivity contribution in [1.82, 2.24) is 10.2 Å². The predicted molar refractivity (Wildman–Crippen MR) is 150 cm³/mol. The fourth-order valence-corrected chi connectivity index (χ4v) is 7.64. The van der Waals surface area contributed by atoms with Crippen LogP contribution in [0, 0.1) is 39.9 Å². The van der Waals surface area contributed by atoms with Crippen LogP contribution >= 0.6 is 0 Å². The molecule has 2 amide bonds. The van der Waals surface area contributed by atoms with Gasteiger partial charge in [0.1, 0.15) is 17.6 Å². The van der Waals surface area contributed by atoms with Gasteiger partial charge in [0.05, 0.1) is 30.3 Å². The molecule has 0 radical (unpaired) electrons. The monoisotopic (exact) mass is 535 g/mol. The molecule has 0 spiro atoms. The molecule has 0 aliphatic heterocycles. The number of hydrogen-bond acceptors (Lipinski definition) is 5. The topological polar surface area (TPSA) is 91.7 Å². The first-order valence-corrected chi connectivity index (χ1v) is 14.9. The summed E-state index contributed by atoms with van der Waals surface area (Å²) < 4.78 is 11.9. The highest BCUT2D eigenvalue weighted by Gasteiger charge is 2.53. The maximum atomic E-state index is 14.0. The zero-order valence-electron chi connectivity index (χ0n) is 24.3. The first-order valence-electron chi connectivity index (χ1n) is 14.9. The number of nitrogens with one attached hydrogen (secondary N) is 1. The Morgan fingerprint density at radius 2 is 1.74 bits per heavy atom. The van der Waals surface area contributed by atoms with Crippen molar-refractivity contribution in [2.75, 3.05) is 20.7 Å². The van der Waals surface area contributed by atoms with Crippen molar-refractivity contribution in [3.8, 4) is 17.6 Å². The number of carbonyl (C=O) groups excluding carboxylic acids is 2. The minimum absolute atomic E-state index is 0.0235. The molecule has 4 saturated carbocycles. The van der Waals surface area contributed by atoms with Crippen LogP contribution in [0.15, 0.2) is 12.1 Å². The number of fused-ring (bicyclic) bond motifs is 2. The van der Waals surface area contributed by atoms with Gasteiger partial charge in [-0.15, -0.1) is 0 Å². The molecule has 5 rings (SSSR count). The Hall–Kier alpha value is -2.75. The number of hydrogen-bond donors (Lipinski definition) is 1. The van der Waals surface area contributed by atoms with Crippen LogP contribution in [0.2, 0.25) is 0 Å². The van der Waals surface area contributed by atoms with E-state index in [0.717, 1.165) is 57.8 Å². The quantitative estimate of drug-likeness (QED) is 0.461. The average Bonchev–Trinajstić information content (AvgIpc) is 3.53. The lowest BCUT2D eigenvalue weighted by atomic mass is 9.70. The van der Waals surface area contributed by atoms with Crippen LogP contribution in [0.5, 0.6) is 11.5 Å². The maximum Gasteiger partial charge on any atom is 0.257 e. The second-order valence-electron chi connectivity index (χ2n) is 13.8. The van der Waals surface area contributed by atoms with Crippen LogP contribution in [0.25, 0.3) is 0 Å². The molecule has 7 heteroatoms. The Morgan fingerprint density at radius 1 is 1.05 bits per heavy atom. The van der Waals surface area contributed by atoms with Crippen molar-refractivity contribution in [2.24, 2.45) is 28.6 Å². The summed E-state index contributed by atoms with van der Waals surface area (Å²) in [5, 5.41) is 13.1. The summed E-state index contributed by atoms with van der Waals surface area (Å²) in [4.78, 5) is 29.3. The van der Waals surface area contributed by atoms with E-state index in [-0.39, 0.29) is 35.3 Å². The van der Waals surface area contributed by atoms with Gasteiger partial charge < -0.3 is 19.7 Å². The van der Waals surface area contributed by atoms with Crippen LogP contribution in [-0.2, 0) is 4.79 Å². The van der Waals surface area contributed by atoms with Crippen molar-refractivity contribution in [1.29, 1.82) is 5.26 Å². The SMILES string of the molecule is COc1cc(C#N)c(OC2CCC(C)(C)CC2)cc1C(=O)N(C)[C@@H]1[C@H]2CC[C@H](C2)[C@@H]1C(=O)NCC1(C)CCC1. The van der Waals surface area contributed by atoms with E-state index in [9.17, 15) is 14.9 Å². The first-order chi connectivity index (χ1) is 18.5. The van der Waals surface area contributed by atoms with E-state index in [1.807, 2.05) is 7.05 Å². The lowest BCUT2D eigenvalue weighted by molar-refractivity contribution is -0.129. The number of ether oxygens (including phenoxy) is 2. The average molecular weight is 536 g/mol. The minimum Gasteiger partial charge on any atom is -0.496 e. The van der Waals surface area contributed by atoms with Gasteiger partial charge in [0.15, 0.2) is 0 Å². The van der Waals surface area contributed by atoms with Crippen LogP contribution in [0.1, 0.15) is 101 Å². The largest absolute Gasteiger partial charge is 0.496 e. The molecule has 0 unspecified atom stereocenters. The van der Waals surface area contributed by atoms with Gasteiger partial charge in [0, 0.05) is 25.7 Å². The highest BCUT2D eigenvalue weighted by atomic mass is 16.5. The Labute approximate surface area is 233 Å². The van der Waals surface area contributed by atoms with Crippen LogP contribution in [-0.4, -0.2) is 49.6 Å². The molecule has 0 aromatic heterocycles. The molecule has 0 heterocycles. The zero-order chi connectivity index (χ0) is 27.9. The number of amides is 2. The van der Waals surface area contributed by atoms with Crippen molar-refractivity contribution in [3.63, 3.8) is 0 Å². The molecule has 2 bridgehead atoms. The van der Waals surface area contributed by atoms with Crippen molar-refractivity contribution in [3.05, 3.63) is 23.3 Å². The van der Waals surface area contributed by atoms with Gasteiger partial charge in [-0.2, -0.15) is 5.26 Å². The summed E-state index contributed by atoms with van der Waals surface area (Å²) in [6.07, 6.45) is 10.7. The van der Waals surface area contributed by atoms with E-state index in [4.69, 9.17) is 9.47 Å². The van der Waals surface area contributed by atoms with E-state index in [2.05, 4.69) is 32.2 Å². The molecule has 1 aromatic rings. The predicted octanol–water partition coefficient (Wildman–Crippen LogP) is 5.71. The zero-order valence-corrected chi connectivity index (χ0v) is 24.3. The van der Waals surface area contributed by atoms with Crippen LogP contribution in [0.3, 0.4) is 0 Å². The summed E-state index contributed by atoms with van der Waals surface area (Å²) >= 11 is 0. The third kappa shape index (κ3) is 5.49. The van der Waals surface area contributed by atoms with Gasteiger partial charge in [-0.25, -0.2) is 0 Å². The van der Waals surface area contributed by atoms with E-state index in [1.165, 1.54) is 13.5 Å². The highest BCUT2D eigenvalue weighted by Crippen LogP contribution is 2.51. The third-order valence-corrected chi connectivity index (χ3v) is 10.4. The number of nitriles is 1. The maximum absolute atomic E-state index is 14.0. The molecule has 7 nitrogen and oxygen atoms in total. The van der Waals surface area contributed by atoms with Crippen molar-refractivity contribution < 1.29 is 19.1 Å². The van der Waals surface area contributed by atoms with Crippen LogP contribution in [0.4, 0.5) is 0 Å². The van der Waals surface area contributed by atoms with E-state index >= 15 is 0 Å².